The fourth-order valence-corrected chi connectivity index (χ4v) is 3.82. The first-order chi connectivity index (χ1) is 8.03. The Balaban J connectivity index is 1.96. The molecule has 1 atom stereocenters. The van der Waals surface area contributed by atoms with Gasteiger partial charge in [-0.3, -0.25) is 4.90 Å². The van der Waals surface area contributed by atoms with Crippen molar-refractivity contribution in [1.29, 1.82) is 0 Å². The van der Waals surface area contributed by atoms with E-state index < -0.39 is 0 Å². The van der Waals surface area contributed by atoms with E-state index in [1.807, 2.05) is 11.8 Å². The fourth-order valence-electron chi connectivity index (χ4n) is 2.01. The summed E-state index contributed by atoms with van der Waals surface area (Å²) >= 11 is 5.63. The third-order valence-corrected chi connectivity index (χ3v) is 6.23. The average molecular weight is 314 g/mol. The quantitative estimate of drug-likeness (QED) is 0.778. The monoisotopic (exact) mass is 313 g/mol. The molecule has 1 aliphatic heterocycles. The molecule has 0 N–H and O–H groups in total. The number of hydrogen-bond donors (Lipinski definition) is 0. The second-order valence-electron chi connectivity index (χ2n) is 5.38. The Bertz CT molecular complexity index is 367. The van der Waals surface area contributed by atoms with Crippen molar-refractivity contribution >= 4 is 27.7 Å². The Labute approximate surface area is 117 Å². The molecule has 0 amide bonds. The number of alkyl halides is 1. The molecule has 0 spiro atoms. The minimum atomic E-state index is 0.231. The number of benzene rings is 1. The Morgan fingerprint density at radius 3 is 2.76 bits per heavy atom. The number of halogens is 1. The van der Waals surface area contributed by atoms with Crippen molar-refractivity contribution in [2.24, 2.45) is 0 Å². The van der Waals surface area contributed by atoms with Gasteiger partial charge in [0.25, 0.3) is 0 Å². The van der Waals surface area contributed by atoms with Crippen LogP contribution in [0.3, 0.4) is 0 Å². The van der Waals surface area contributed by atoms with Gasteiger partial charge in [-0.05, 0) is 38.9 Å². The lowest BCUT2D eigenvalue weighted by atomic mass is 10.1. The summed E-state index contributed by atoms with van der Waals surface area (Å²) in [5.74, 6) is 0. The van der Waals surface area contributed by atoms with Crippen molar-refractivity contribution in [1.82, 2.24) is 4.90 Å². The molecular weight excluding hydrogens is 294 g/mol. The van der Waals surface area contributed by atoms with Gasteiger partial charge in [-0.1, -0.05) is 34.1 Å². The molecule has 0 bridgehead atoms. The summed E-state index contributed by atoms with van der Waals surface area (Å²) in [6, 6.07) is 8.79. The van der Waals surface area contributed by atoms with Crippen molar-refractivity contribution in [2.45, 2.75) is 36.0 Å². The van der Waals surface area contributed by atoms with E-state index in [0.717, 1.165) is 11.9 Å². The average Bonchev–Trinajstić information content (AvgIpc) is 2.70. The maximum atomic E-state index is 3.60. The Hall–Kier alpha value is 0.01000. The molecule has 0 saturated heterocycles. The highest BCUT2D eigenvalue weighted by molar-refractivity contribution is 9.09. The maximum absolute atomic E-state index is 3.60. The standard InChI is InChI=1S/C14H20BrNS/c1-14(2,10-15)16(3)9-12-8-11-6-4-5-7-13(11)17-12/h4-7,12H,8-10H2,1-3H3. The predicted octanol–water partition coefficient (Wildman–Crippen LogP) is 3.81. The largest absolute Gasteiger partial charge is 0.299 e. The molecule has 1 heterocycles. The van der Waals surface area contributed by atoms with E-state index in [-0.39, 0.29) is 5.54 Å². The van der Waals surface area contributed by atoms with Crippen LogP contribution in [0.2, 0.25) is 0 Å². The Morgan fingerprint density at radius 1 is 1.41 bits per heavy atom. The Kier molecular flexibility index (Phi) is 4.22. The second-order valence-corrected chi connectivity index (χ2v) is 7.28. The summed E-state index contributed by atoms with van der Waals surface area (Å²) in [6.45, 7) is 5.72. The van der Waals surface area contributed by atoms with Crippen LogP contribution < -0.4 is 0 Å². The van der Waals surface area contributed by atoms with Crippen molar-refractivity contribution in [3.05, 3.63) is 29.8 Å². The molecule has 0 aromatic heterocycles. The van der Waals surface area contributed by atoms with Gasteiger partial charge < -0.3 is 0 Å². The summed E-state index contributed by atoms with van der Waals surface area (Å²) < 4.78 is 0. The van der Waals surface area contributed by atoms with E-state index in [9.17, 15) is 0 Å². The molecule has 1 aromatic carbocycles. The minimum Gasteiger partial charge on any atom is -0.299 e. The molecule has 1 aliphatic rings. The van der Waals surface area contributed by atoms with E-state index in [4.69, 9.17) is 0 Å². The molecule has 1 aromatic rings. The zero-order chi connectivity index (χ0) is 12.5. The van der Waals surface area contributed by atoms with Crippen LogP contribution in [0.1, 0.15) is 19.4 Å². The van der Waals surface area contributed by atoms with E-state index in [1.165, 1.54) is 16.9 Å². The minimum absolute atomic E-state index is 0.231. The van der Waals surface area contributed by atoms with Gasteiger partial charge in [0.05, 0.1) is 0 Å². The zero-order valence-corrected chi connectivity index (χ0v) is 13.1. The van der Waals surface area contributed by atoms with Gasteiger partial charge >= 0.3 is 0 Å². The van der Waals surface area contributed by atoms with Gasteiger partial charge in [0.1, 0.15) is 0 Å². The number of fused-ring (bicyclic) bond motifs is 1. The van der Waals surface area contributed by atoms with E-state index in [1.54, 1.807) is 0 Å². The number of hydrogen-bond acceptors (Lipinski definition) is 2. The van der Waals surface area contributed by atoms with Gasteiger partial charge in [0, 0.05) is 27.6 Å². The maximum Gasteiger partial charge on any atom is 0.0263 e. The van der Waals surface area contributed by atoms with Crippen LogP contribution >= 0.6 is 27.7 Å². The molecule has 3 heteroatoms. The van der Waals surface area contributed by atoms with Crippen LogP contribution in [0, 0.1) is 0 Å². The molecule has 0 radical (unpaired) electrons. The predicted molar refractivity (Wildman–Crippen MR) is 80.3 cm³/mol. The molecule has 94 valence electrons. The smallest absolute Gasteiger partial charge is 0.0263 e. The third kappa shape index (κ3) is 3.07. The van der Waals surface area contributed by atoms with Gasteiger partial charge in [0.15, 0.2) is 0 Å². The number of thioether (sulfide) groups is 1. The SMILES string of the molecule is CN(CC1Cc2ccccc2S1)C(C)(C)CBr. The molecule has 0 saturated carbocycles. The lowest BCUT2D eigenvalue weighted by Crippen LogP contribution is -2.45. The summed E-state index contributed by atoms with van der Waals surface area (Å²) in [6.07, 6.45) is 1.21. The molecular formula is C14H20BrNS. The lowest BCUT2D eigenvalue weighted by molar-refractivity contribution is 0.183. The highest BCUT2D eigenvalue weighted by Gasteiger charge is 2.28. The summed E-state index contributed by atoms with van der Waals surface area (Å²) in [5.41, 5.74) is 1.75. The third-order valence-electron chi connectivity index (χ3n) is 3.55. The molecule has 1 unspecified atom stereocenters. The first-order valence-corrected chi connectivity index (χ1v) is 8.05. The molecule has 17 heavy (non-hydrogen) atoms. The van der Waals surface area contributed by atoms with Crippen LogP contribution in [-0.4, -0.2) is 34.6 Å². The van der Waals surface area contributed by atoms with Crippen LogP contribution in [-0.2, 0) is 6.42 Å². The summed E-state index contributed by atoms with van der Waals surface area (Å²) in [7, 11) is 2.23. The molecule has 1 nitrogen and oxygen atoms in total. The topological polar surface area (TPSA) is 3.24 Å². The van der Waals surface area contributed by atoms with E-state index >= 15 is 0 Å². The molecule has 2 rings (SSSR count). The molecule has 0 fully saturated rings. The van der Waals surface area contributed by atoms with Crippen LogP contribution in [0.25, 0.3) is 0 Å². The van der Waals surface area contributed by atoms with Crippen molar-refractivity contribution < 1.29 is 0 Å². The van der Waals surface area contributed by atoms with Gasteiger partial charge in [-0.15, -0.1) is 11.8 Å². The number of rotatable bonds is 4. The van der Waals surface area contributed by atoms with E-state index in [2.05, 4.69) is 66.0 Å². The first kappa shape index (κ1) is 13.4. The molecule has 0 aliphatic carbocycles. The van der Waals surface area contributed by atoms with Gasteiger partial charge in [-0.2, -0.15) is 0 Å². The highest BCUT2D eigenvalue weighted by Crippen LogP contribution is 2.37. The highest BCUT2D eigenvalue weighted by atomic mass is 79.9. The number of nitrogens with zero attached hydrogens (tertiary/aromatic N) is 1. The first-order valence-electron chi connectivity index (χ1n) is 6.05. The summed E-state index contributed by atoms with van der Waals surface area (Å²) in [5, 5.41) is 1.72. The van der Waals surface area contributed by atoms with Gasteiger partial charge in [-0.25, -0.2) is 0 Å². The van der Waals surface area contributed by atoms with E-state index in [0.29, 0.717) is 5.25 Å². The van der Waals surface area contributed by atoms with Crippen LogP contribution in [0.4, 0.5) is 0 Å². The van der Waals surface area contributed by atoms with Crippen LogP contribution in [0.5, 0.6) is 0 Å². The second kappa shape index (κ2) is 5.33. The summed E-state index contributed by atoms with van der Waals surface area (Å²) in [4.78, 5) is 3.94. The zero-order valence-electron chi connectivity index (χ0n) is 10.7. The van der Waals surface area contributed by atoms with Crippen molar-refractivity contribution in [3.63, 3.8) is 0 Å². The lowest BCUT2D eigenvalue weighted by Gasteiger charge is -2.35. The normalized spacial score (nSPS) is 19.7. The Morgan fingerprint density at radius 2 is 2.12 bits per heavy atom. The van der Waals surface area contributed by atoms with Crippen molar-refractivity contribution in [2.75, 3.05) is 18.9 Å². The fraction of sp³-hybridized carbons (Fsp3) is 0.571. The van der Waals surface area contributed by atoms with Gasteiger partial charge in [0.2, 0.25) is 0 Å². The van der Waals surface area contributed by atoms with Crippen LogP contribution in [0.15, 0.2) is 29.2 Å². The van der Waals surface area contributed by atoms with Crippen molar-refractivity contribution in [3.8, 4) is 0 Å².